The van der Waals surface area contributed by atoms with Crippen molar-refractivity contribution >= 4 is 5.97 Å². The first-order valence-corrected chi connectivity index (χ1v) is 5.16. The van der Waals surface area contributed by atoms with Crippen LogP contribution in [0.2, 0.25) is 0 Å². The van der Waals surface area contributed by atoms with E-state index in [4.69, 9.17) is 5.11 Å². The van der Waals surface area contributed by atoms with E-state index in [1.54, 1.807) is 0 Å². The molecule has 4 heteroatoms. The molecule has 0 aliphatic heterocycles. The summed E-state index contributed by atoms with van der Waals surface area (Å²) < 4.78 is 0. The first-order chi connectivity index (χ1) is 6.52. The van der Waals surface area contributed by atoms with E-state index >= 15 is 0 Å². The Morgan fingerprint density at radius 1 is 1.50 bits per heavy atom. The summed E-state index contributed by atoms with van der Waals surface area (Å²) >= 11 is 0. The van der Waals surface area contributed by atoms with E-state index in [-0.39, 0.29) is 12.0 Å². The first-order valence-electron chi connectivity index (χ1n) is 5.16. The molecule has 0 aromatic heterocycles. The van der Waals surface area contributed by atoms with Gasteiger partial charge in [-0.1, -0.05) is 13.8 Å². The third-order valence-electron chi connectivity index (χ3n) is 2.65. The van der Waals surface area contributed by atoms with Gasteiger partial charge in [0.05, 0.1) is 6.10 Å². The van der Waals surface area contributed by atoms with Gasteiger partial charge in [-0.25, -0.2) is 0 Å². The van der Waals surface area contributed by atoms with Crippen molar-refractivity contribution in [3.63, 3.8) is 0 Å². The number of aliphatic carboxylic acids is 1. The molecular weight excluding hydrogens is 182 g/mol. The second-order valence-electron chi connectivity index (χ2n) is 4.37. The Labute approximate surface area is 84.3 Å². The summed E-state index contributed by atoms with van der Waals surface area (Å²) in [4.78, 5) is 10.8. The van der Waals surface area contributed by atoms with Crippen molar-refractivity contribution in [1.82, 2.24) is 5.32 Å². The average Bonchev–Trinajstić information content (AvgIpc) is 2.84. The molecule has 3 N–H and O–H groups in total. The maximum absolute atomic E-state index is 10.8. The van der Waals surface area contributed by atoms with Gasteiger partial charge < -0.3 is 15.5 Å². The highest BCUT2D eigenvalue weighted by molar-refractivity contribution is 5.73. The number of aliphatic hydroxyl groups excluding tert-OH is 1. The Balaban J connectivity index is 2.28. The van der Waals surface area contributed by atoms with Crippen LogP contribution in [0.4, 0.5) is 0 Å². The van der Waals surface area contributed by atoms with Gasteiger partial charge in [0.25, 0.3) is 0 Å². The summed E-state index contributed by atoms with van der Waals surface area (Å²) in [5.41, 5.74) is 0. The number of nitrogens with one attached hydrogen (secondary N) is 1. The number of rotatable bonds is 6. The van der Waals surface area contributed by atoms with Gasteiger partial charge >= 0.3 is 5.97 Å². The van der Waals surface area contributed by atoms with Crippen LogP contribution in [0.15, 0.2) is 0 Å². The minimum atomic E-state index is -0.844. The summed E-state index contributed by atoms with van der Waals surface area (Å²) in [6.45, 7) is 4.10. The topological polar surface area (TPSA) is 69.6 Å². The maximum Gasteiger partial charge on any atom is 0.320 e. The highest BCUT2D eigenvalue weighted by Crippen LogP contribution is 2.32. The van der Waals surface area contributed by atoms with Gasteiger partial charge in [-0.15, -0.1) is 0 Å². The van der Waals surface area contributed by atoms with E-state index < -0.39 is 12.0 Å². The predicted octanol–water partition coefficient (Wildman–Crippen LogP) is 0.456. The minimum Gasteiger partial charge on any atom is -0.480 e. The molecule has 0 aromatic rings. The number of carboxylic acid groups (broad SMARTS) is 1. The lowest BCUT2D eigenvalue weighted by atomic mass is 10.0. The van der Waals surface area contributed by atoms with Gasteiger partial charge in [0.2, 0.25) is 0 Å². The van der Waals surface area contributed by atoms with Gasteiger partial charge in [-0.2, -0.15) is 0 Å². The van der Waals surface area contributed by atoms with Crippen LogP contribution in [0.1, 0.15) is 26.7 Å². The lowest BCUT2D eigenvalue weighted by Gasteiger charge is -2.19. The Morgan fingerprint density at radius 2 is 2.07 bits per heavy atom. The van der Waals surface area contributed by atoms with Crippen LogP contribution < -0.4 is 5.32 Å². The van der Waals surface area contributed by atoms with Crippen LogP contribution in [0.3, 0.4) is 0 Å². The van der Waals surface area contributed by atoms with E-state index in [2.05, 4.69) is 5.32 Å². The second-order valence-corrected chi connectivity index (χ2v) is 4.37. The molecule has 1 fully saturated rings. The quantitative estimate of drug-likeness (QED) is 0.584. The Morgan fingerprint density at radius 3 is 2.43 bits per heavy atom. The second kappa shape index (κ2) is 4.75. The maximum atomic E-state index is 10.8. The third-order valence-corrected chi connectivity index (χ3v) is 2.65. The van der Waals surface area contributed by atoms with Crippen molar-refractivity contribution in [1.29, 1.82) is 0 Å². The van der Waals surface area contributed by atoms with Gasteiger partial charge in [0.1, 0.15) is 6.04 Å². The highest BCUT2D eigenvalue weighted by Gasteiger charge is 2.31. The number of hydrogen-bond acceptors (Lipinski definition) is 3. The molecule has 0 saturated heterocycles. The lowest BCUT2D eigenvalue weighted by Crippen LogP contribution is -2.44. The molecule has 0 heterocycles. The monoisotopic (exact) mass is 201 g/mol. The molecule has 14 heavy (non-hydrogen) atoms. The zero-order valence-electron chi connectivity index (χ0n) is 8.73. The summed E-state index contributed by atoms with van der Waals surface area (Å²) in [7, 11) is 0. The zero-order chi connectivity index (χ0) is 10.7. The Hall–Kier alpha value is -0.610. The molecule has 0 bridgehead atoms. The summed E-state index contributed by atoms with van der Waals surface area (Å²) in [6.07, 6.45) is 1.76. The van der Waals surface area contributed by atoms with Crippen LogP contribution in [0.5, 0.6) is 0 Å². The molecule has 1 rings (SSSR count). The van der Waals surface area contributed by atoms with E-state index in [9.17, 15) is 9.90 Å². The van der Waals surface area contributed by atoms with Crippen LogP contribution in [0.25, 0.3) is 0 Å². The summed E-state index contributed by atoms with van der Waals surface area (Å²) in [6, 6.07) is -0.552. The molecule has 1 saturated carbocycles. The molecule has 0 aromatic carbocycles. The normalized spacial score (nSPS) is 20.9. The van der Waals surface area contributed by atoms with Crippen molar-refractivity contribution in [3.05, 3.63) is 0 Å². The van der Waals surface area contributed by atoms with E-state index in [1.807, 2.05) is 13.8 Å². The fourth-order valence-corrected chi connectivity index (χ4v) is 1.50. The Kier molecular flexibility index (Phi) is 3.89. The van der Waals surface area contributed by atoms with E-state index in [0.29, 0.717) is 12.5 Å². The van der Waals surface area contributed by atoms with Gasteiger partial charge in [-0.05, 0) is 24.7 Å². The zero-order valence-corrected chi connectivity index (χ0v) is 8.73. The largest absolute Gasteiger partial charge is 0.480 e. The molecule has 0 amide bonds. The van der Waals surface area contributed by atoms with Crippen LogP contribution in [0, 0.1) is 11.8 Å². The number of aliphatic hydroxyl groups is 1. The number of carbonyl (C=O) groups is 1. The molecule has 2 unspecified atom stereocenters. The molecule has 1 aliphatic rings. The van der Waals surface area contributed by atoms with Crippen molar-refractivity contribution in [2.75, 3.05) is 6.54 Å². The molecule has 0 spiro atoms. The standard InChI is InChI=1S/C10H19NO3/c1-6(2)9(10(13)14)11-5-8(12)7-3-4-7/h6-9,11-12H,3-5H2,1-2H3,(H,13,14). The summed E-state index contributed by atoms with van der Waals surface area (Å²) in [5, 5.41) is 21.3. The molecule has 82 valence electrons. The van der Waals surface area contributed by atoms with Crippen LogP contribution in [-0.2, 0) is 4.79 Å². The Bertz CT molecular complexity index is 202. The summed E-state index contributed by atoms with van der Waals surface area (Å²) in [5.74, 6) is -0.411. The van der Waals surface area contributed by atoms with Crippen molar-refractivity contribution in [2.45, 2.75) is 38.8 Å². The smallest absolute Gasteiger partial charge is 0.320 e. The first kappa shape index (κ1) is 11.5. The number of carboxylic acids is 1. The fraction of sp³-hybridized carbons (Fsp3) is 0.900. The van der Waals surface area contributed by atoms with Crippen molar-refractivity contribution < 1.29 is 15.0 Å². The van der Waals surface area contributed by atoms with Crippen LogP contribution >= 0.6 is 0 Å². The molecule has 0 radical (unpaired) electrons. The SMILES string of the molecule is CC(C)C(NCC(O)C1CC1)C(=O)O. The molecular formula is C10H19NO3. The highest BCUT2D eigenvalue weighted by atomic mass is 16.4. The number of hydrogen-bond donors (Lipinski definition) is 3. The van der Waals surface area contributed by atoms with Gasteiger partial charge in [0, 0.05) is 6.54 Å². The van der Waals surface area contributed by atoms with Crippen molar-refractivity contribution in [3.8, 4) is 0 Å². The van der Waals surface area contributed by atoms with Crippen LogP contribution in [-0.4, -0.2) is 34.9 Å². The average molecular weight is 201 g/mol. The minimum absolute atomic E-state index is 0.0407. The van der Waals surface area contributed by atoms with Gasteiger partial charge in [0.15, 0.2) is 0 Å². The van der Waals surface area contributed by atoms with Gasteiger partial charge in [-0.3, -0.25) is 4.79 Å². The predicted molar refractivity (Wildman–Crippen MR) is 53.0 cm³/mol. The van der Waals surface area contributed by atoms with E-state index in [0.717, 1.165) is 12.8 Å². The fourth-order valence-electron chi connectivity index (χ4n) is 1.50. The molecule has 1 aliphatic carbocycles. The van der Waals surface area contributed by atoms with Crippen molar-refractivity contribution in [2.24, 2.45) is 11.8 Å². The third kappa shape index (κ3) is 3.27. The molecule has 2 atom stereocenters. The molecule has 4 nitrogen and oxygen atoms in total. The van der Waals surface area contributed by atoms with E-state index in [1.165, 1.54) is 0 Å². The lowest BCUT2D eigenvalue weighted by molar-refractivity contribution is -0.140.